The molecule has 0 saturated heterocycles. The molecule has 0 aliphatic rings. The first-order valence-electron chi connectivity index (χ1n) is 8.31. The maximum atomic E-state index is 12.7. The lowest BCUT2D eigenvalue weighted by atomic mass is 10.0. The van der Waals surface area contributed by atoms with E-state index in [1.165, 1.54) is 0 Å². The van der Waals surface area contributed by atoms with Crippen molar-refractivity contribution in [3.63, 3.8) is 0 Å². The Morgan fingerprint density at radius 2 is 2.00 bits per heavy atom. The van der Waals surface area contributed by atoms with Crippen molar-refractivity contribution in [2.75, 3.05) is 24.1 Å². The van der Waals surface area contributed by atoms with Crippen molar-refractivity contribution in [3.8, 4) is 0 Å². The highest BCUT2D eigenvalue weighted by Gasteiger charge is 2.27. The van der Waals surface area contributed by atoms with Gasteiger partial charge in [0.15, 0.2) is 0 Å². The van der Waals surface area contributed by atoms with Crippen LogP contribution in [0.25, 0.3) is 0 Å². The number of benzene rings is 1. The molecule has 1 aromatic rings. The lowest BCUT2D eigenvalue weighted by Gasteiger charge is -2.32. The summed E-state index contributed by atoms with van der Waals surface area (Å²) in [4.78, 5) is 15.0. The van der Waals surface area contributed by atoms with Gasteiger partial charge in [-0.1, -0.05) is 40.2 Å². The van der Waals surface area contributed by atoms with Crippen molar-refractivity contribution in [2.45, 2.75) is 53.5 Å². The number of rotatable bonds is 8. The quantitative estimate of drug-likeness (QED) is 0.721. The van der Waals surface area contributed by atoms with E-state index in [4.69, 9.17) is 5.73 Å². The molecular weight excluding hydrogens is 274 g/mol. The smallest absolute Gasteiger partial charge is 0.241 e. The number of nitrogens with one attached hydrogen (secondary N) is 1. The summed E-state index contributed by atoms with van der Waals surface area (Å²) in [7, 11) is 0. The van der Waals surface area contributed by atoms with Gasteiger partial charge in [0.2, 0.25) is 5.91 Å². The molecular formula is C18H31N3O. The topological polar surface area (TPSA) is 58.4 Å². The Balaban J connectivity index is 2.85. The molecule has 1 amide bonds. The number of anilines is 2. The lowest BCUT2D eigenvalue weighted by Crippen LogP contribution is -2.47. The minimum Gasteiger partial charge on any atom is -0.398 e. The molecule has 0 saturated carbocycles. The van der Waals surface area contributed by atoms with Crippen LogP contribution in [0.15, 0.2) is 18.2 Å². The number of unbranched alkanes of at least 4 members (excludes halogenated alkanes) is 1. The average molecular weight is 305 g/mol. The molecule has 0 fully saturated rings. The summed E-state index contributed by atoms with van der Waals surface area (Å²) in [6.07, 6.45) is 2.25. The molecule has 0 spiro atoms. The molecule has 0 aliphatic carbocycles. The largest absolute Gasteiger partial charge is 0.398 e. The molecule has 1 unspecified atom stereocenters. The Labute approximate surface area is 135 Å². The Morgan fingerprint density at radius 1 is 1.32 bits per heavy atom. The number of nitrogen functional groups attached to an aromatic ring is 1. The lowest BCUT2D eigenvalue weighted by molar-refractivity contribution is -0.122. The maximum Gasteiger partial charge on any atom is 0.241 e. The van der Waals surface area contributed by atoms with E-state index >= 15 is 0 Å². The second-order valence-electron chi connectivity index (χ2n) is 6.23. The van der Waals surface area contributed by atoms with E-state index < -0.39 is 0 Å². The van der Waals surface area contributed by atoms with E-state index in [0.29, 0.717) is 5.69 Å². The first-order valence-corrected chi connectivity index (χ1v) is 8.31. The van der Waals surface area contributed by atoms with Crippen molar-refractivity contribution < 1.29 is 4.79 Å². The molecule has 1 atom stereocenters. The molecule has 0 bridgehead atoms. The van der Waals surface area contributed by atoms with E-state index in [0.717, 1.165) is 37.2 Å². The third-order valence-corrected chi connectivity index (χ3v) is 4.05. The van der Waals surface area contributed by atoms with Gasteiger partial charge in [-0.05, 0) is 50.0 Å². The first-order chi connectivity index (χ1) is 10.4. The van der Waals surface area contributed by atoms with E-state index in [2.05, 4.69) is 37.9 Å². The number of carbonyl (C=O) groups excluding carboxylic acids is 1. The fraction of sp³-hybridized carbons (Fsp3) is 0.611. The minimum atomic E-state index is -0.112. The van der Waals surface area contributed by atoms with E-state index in [1.807, 2.05) is 25.1 Å². The fourth-order valence-electron chi connectivity index (χ4n) is 2.68. The van der Waals surface area contributed by atoms with Gasteiger partial charge in [-0.25, -0.2) is 0 Å². The second kappa shape index (κ2) is 8.79. The molecule has 0 heterocycles. The summed E-state index contributed by atoms with van der Waals surface area (Å²) < 4.78 is 0. The van der Waals surface area contributed by atoms with Gasteiger partial charge in [-0.3, -0.25) is 9.69 Å². The van der Waals surface area contributed by atoms with Gasteiger partial charge in [-0.15, -0.1) is 0 Å². The van der Waals surface area contributed by atoms with Gasteiger partial charge in [0.05, 0.1) is 6.04 Å². The number of likely N-dealkylation sites (N-methyl/N-ethyl adjacent to an activating group) is 1. The molecule has 4 nitrogen and oxygen atoms in total. The monoisotopic (exact) mass is 305 g/mol. The number of nitrogens with zero attached hydrogens (tertiary/aromatic N) is 1. The van der Waals surface area contributed by atoms with Crippen LogP contribution in [0, 0.1) is 12.8 Å². The third kappa shape index (κ3) is 5.02. The van der Waals surface area contributed by atoms with Crippen molar-refractivity contribution >= 4 is 17.3 Å². The van der Waals surface area contributed by atoms with Crippen molar-refractivity contribution in [2.24, 2.45) is 5.92 Å². The number of carbonyl (C=O) groups is 1. The zero-order valence-corrected chi connectivity index (χ0v) is 14.6. The highest BCUT2D eigenvalue weighted by atomic mass is 16.2. The molecule has 0 aromatic heterocycles. The highest BCUT2D eigenvalue weighted by Crippen LogP contribution is 2.19. The zero-order chi connectivity index (χ0) is 16.7. The number of hydrogen-bond donors (Lipinski definition) is 2. The van der Waals surface area contributed by atoms with Crippen LogP contribution in [0.2, 0.25) is 0 Å². The number of hydrogen-bond acceptors (Lipinski definition) is 3. The molecule has 0 radical (unpaired) electrons. The maximum absolute atomic E-state index is 12.7. The zero-order valence-electron chi connectivity index (χ0n) is 14.6. The normalized spacial score (nSPS) is 12.7. The van der Waals surface area contributed by atoms with Crippen LogP contribution in [0.5, 0.6) is 0 Å². The predicted molar refractivity (Wildman–Crippen MR) is 95.0 cm³/mol. The van der Waals surface area contributed by atoms with E-state index in [1.54, 1.807) is 0 Å². The molecule has 4 heteroatoms. The summed E-state index contributed by atoms with van der Waals surface area (Å²) in [5.41, 5.74) is 8.42. The third-order valence-electron chi connectivity index (χ3n) is 4.05. The summed E-state index contributed by atoms with van der Waals surface area (Å²) in [5, 5.41) is 3.02. The van der Waals surface area contributed by atoms with E-state index in [9.17, 15) is 4.79 Å². The summed E-state index contributed by atoms with van der Waals surface area (Å²) in [6.45, 7) is 12.3. The molecule has 22 heavy (non-hydrogen) atoms. The molecule has 1 aromatic carbocycles. The van der Waals surface area contributed by atoms with Gasteiger partial charge < -0.3 is 11.1 Å². The van der Waals surface area contributed by atoms with Crippen LogP contribution < -0.4 is 11.1 Å². The van der Waals surface area contributed by atoms with Gasteiger partial charge >= 0.3 is 0 Å². The van der Waals surface area contributed by atoms with Gasteiger partial charge in [-0.2, -0.15) is 0 Å². The van der Waals surface area contributed by atoms with Crippen LogP contribution in [-0.2, 0) is 4.79 Å². The summed E-state index contributed by atoms with van der Waals surface area (Å²) in [5.74, 6) is 0.316. The van der Waals surface area contributed by atoms with Crippen LogP contribution >= 0.6 is 0 Å². The van der Waals surface area contributed by atoms with Gasteiger partial charge in [0, 0.05) is 11.4 Å². The van der Waals surface area contributed by atoms with Crippen molar-refractivity contribution in [1.82, 2.24) is 4.90 Å². The second-order valence-corrected chi connectivity index (χ2v) is 6.23. The Kier molecular flexibility index (Phi) is 7.39. The molecule has 3 N–H and O–H groups in total. The van der Waals surface area contributed by atoms with E-state index in [-0.39, 0.29) is 17.9 Å². The minimum absolute atomic E-state index is 0.0520. The standard InChI is InChI=1S/C18H31N3O/c1-6-8-11-21(7-2)17(13(3)4)18(22)20-15-10-9-14(5)16(19)12-15/h9-10,12-13,17H,6-8,11,19H2,1-5H3,(H,20,22). The molecule has 0 aliphatic heterocycles. The number of aryl methyl sites for hydroxylation is 1. The van der Waals surface area contributed by atoms with Crippen LogP contribution in [0.3, 0.4) is 0 Å². The Morgan fingerprint density at radius 3 is 2.50 bits per heavy atom. The Bertz CT molecular complexity index is 485. The van der Waals surface area contributed by atoms with Crippen LogP contribution in [-0.4, -0.2) is 29.9 Å². The van der Waals surface area contributed by atoms with Crippen molar-refractivity contribution in [3.05, 3.63) is 23.8 Å². The summed E-state index contributed by atoms with van der Waals surface area (Å²) in [6, 6.07) is 5.55. The average Bonchev–Trinajstić information content (AvgIpc) is 2.46. The van der Waals surface area contributed by atoms with Crippen LogP contribution in [0.4, 0.5) is 11.4 Å². The van der Waals surface area contributed by atoms with Crippen LogP contribution in [0.1, 0.15) is 46.1 Å². The number of amides is 1. The number of nitrogens with two attached hydrogens (primary N) is 1. The van der Waals surface area contributed by atoms with Crippen molar-refractivity contribution in [1.29, 1.82) is 0 Å². The SMILES string of the molecule is CCCCN(CC)C(C(=O)Nc1ccc(C)c(N)c1)C(C)C. The highest BCUT2D eigenvalue weighted by molar-refractivity contribution is 5.95. The van der Waals surface area contributed by atoms with Gasteiger partial charge in [0.25, 0.3) is 0 Å². The first kappa shape index (κ1) is 18.5. The molecule has 124 valence electrons. The Hall–Kier alpha value is -1.55. The van der Waals surface area contributed by atoms with Gasteiger partial charge in [0.1, 0.15) is 0 Å². The molecule has 1 rings (SSSR count). The summed E-state index contributed by atoms with van der Waals surface area (Å²) >= 11 is 0. The predicted octanol–water partition coefficient (Wildman–Crippen LogP) is 3.66. The fourth-order valence-corrected chi connectivity index (χ4v) is 2.68.